The van der Waals surface area contributed by atoms with Crippen LogP contribution in [0.2, 0.25) is 0 Å². The van der Waals surface area contributed by atoms with Crippen molar-refractivity contribution < 1.29 is 4.79 Å². The minimum atomic E-state index is 0.162. The number of aromatic nitrogens is 2. The van der Waals surface area contributed by atoms with E-state index in [0.717, 1.165) is 15.8 Å². The van der Waals surface area contributed by atoms with Crippen LogP contribution in [-0.2, 0) is 11.2 Å². The average Bonchev–Trinajstić information content (AvgIpc) is 2.49. The van der Waals surface area contributed by atoms with Gasteiger partial charge < -0.3 is 0 Å². The summed E-state index contributed by atoms with van der Waals surface area (Å²) < 4.78 is 2.68. The monoisotopic (exact) mass is 252 g/mol. The molecule has 72 valence electrons. The van der Waals surface area contributed by atoms with Gasteiger partial charge in [0.2, 0.25) is 0 Å². The largest absolute Gasteiger partial charge is 0.300 e. The van der Waals surface area contributed by atoms with Crippen LogP contribution in [0.4, 0.5) is 0 Å². The number of fused-ring (bicyclic) bond motifs is 1. The van der Waals surface area contributed by atoms with Crippen molar-refractivity contribution in [2.24, 2.45) is 0 Å². The number of hydrogen-bond donors (Lipinski definition) is 0. The van der Waals surface area contributed by atoms with E-state index in [9.17, 15) is 4.79 Å². The van der Waals surface area contributed by atoms with Crippen LogP contribution in [0.3, 0.4) is 0 Å². The van der Waals surface area contributed by atoms with Gasteiger partial charge in [-0.15, -0.1) is 0 Å². The Hall–Kier alpha value is -1.16. The minimum absolute atomic E-state index is 0.162. The van der Waals surface area contributed by atoms with Crippen LogP contribution in [-0.4, -0.2) is 15.2 Å². The van der Waals surface area contributed by atoms with Crippen molar-refractivity contribution in [2.75, 3.05) is 0 Å². The summed E-state index contributed by atoms with van der Waals surface area (Å²) in [5.74, 6) is 0.162. The highest BCUT2D eigenvalue weighted by Gasteiger charge is 2.06. The quantitative estimate of drug-likeness (QED) is 0.822. The fourth-order valence-electron chi connectivity index (χ4n) is 1.47. The molecular formula is C10H9BrN2O. The van der Waals surface area contributed by atoms with Crippen LogP contribution < -0.4 is 0 Å². The Bertz CT molecular complexity index is 490. The lowest BCUT2D eigenvalue weighted by Crippen LogP contribution is -1.98. The van der Waals surface area contributed by atoms with Crippen molar-refractivity contribution in [1.82, 2.24) is 9.38 Å². The third-order valence-corrected chi connectivity index (χ3v) is 2.64. The molecule has 14 heavy (non-hydrogen) atoms. The first-order valence-electron chi connectivity index (χ1n) is 4.28. The molecule has 0 amide bonds. The Morgan fingerprint density at radius 1 is 1.64 bits per heavy atom. The number of ketones is 1. The summed E-state index contributed by atoms with van der Waals surface area (Å²) in [4.78, 5) is 15.2. The topological polar surface area (TPSA) is 34.4 Å². The van der Waals surface area contributed by atoms with E-state index >= 15 is 0 Å². The van der Waals surface area contributed by atoms with E-state index in [1.807, 2.05) is 22.7 Å². The number of imidazole rings is 1. The Kier molecular flexibility index (Phi) is 2.37. The third kappa shape index (κ3) is 1.57. The molecule has 0 radical (unpaired) electrons. The van der Waals surface area contributed by atoms with Gasteiger partial charge in [-0.25, -0.2) is 4.98 Å². The second-order valence-corrected chi connectivity index (χ2v) is 3.90. The molecule has 0 aliphatic carbocycles. The van der Waals surface area contributed by atoms with Gasteiger partial charge in [-0.2, -0.15) is 0 Å². The molecule has 2 rings (SSSR count). The van der Waals surface area contributed by atoms with E-state index < -0.39 is 0 Å². The number of nitrogens with zero attached hydrogens (tertiary/aromatic N) is 2. The molecule has 0 saturated heterocycles. The predicted molar refractivity (Wildman–Crippen MR) is 57.3 cm³/mol. The maximum atomic E-state index is 11.0. The van der Waals surface area contributed by atoms with Crippen LogP contribution in [0.25, 0.3) is 5.52 Å². The molecule has 0 aliphatic heterocycles. The SMILES string of the molecule is CC(=O)Cc1cccn2c(Br)ncc12. The molecule has 0 fully saturated rings. The van der Waals surface area contributed by atoms with Gasteiger partial charge in [-0.05, 0) is 34.5 Å². The molecule has 0 unspecified atom stereocenters. The number of rotatable bonds is 2. The van der Waals surface area contributed by atoms with Crippen molar-refractivity contribution in [3.63, 3.8) is 0 Å². The third-order valence-electron chi connectivity index (χ3n) is 2.05. The highest BCUT2D eigenvalue weighted by molar-refractivity contribution is 9.10. The summed E-state index contributed by atoms with van der Waals surface area (Å²) in [5, 5.41) is 0. The molecule has 0 aromatic carbocycles. The number of halogens is 1. The van der Waals surface area contributed by atoms with E-state index in [0.29, 0.717) is 6.42 Å². The molecular weight excluding hydrogens is 244 g/mol. The summed E-state index contributed by atoms with van der Waals surface area (Å²) in [5.41, 5.74) is 1.99. The summed E-state index contributed by atoms with van der Waals surface area (Å²) in [7, 11) is 0. The average molecular weight is 253 g/mol. The van der Waals surface area contributed by atoms with E-state index in [1.165, 1.54) is 0 Å². The number of Topliss-reactive ketones (excluding diaryl/α,β-unsaturated/α-hetero) is 1. The number of carbonyl (C=O) groups is 1. The zero-order valence-corrected chi connectivity index (χ0v) is 9.28. The highest BCUT2D eigenvalue weighted by atomic mass is 79.9. The van der Waals surface area contributed by atoms with Gasteiger partial charge in [0.05, 0.1) is 11.7 Å². The second-order valence-electron chi connectivity index (χ2n) is 3.19. The fourth-order valence-corrected chi connectivity index (χ4v) is 1.88. The van der Waals surface area contributed by atoms with Gasteiger partial charge >= 0.3 is 0 Å². The van der Waals surface area contributed by atoms with Crippen molar-refractivity contribution in [1.29, 1.82) is 0 Å². The first-order valence-corrected chi connectivity index (χ1v) is 5.07. The first-order chi connectivity index (χ1) is 6.68. The lowest BCUT2D eigenvalue weighted by atomic mass is 10.1. The van der Waals surface area contributed by atoms with Crippen molar-refractivity contribution in [2.45, 2.75) is 13.3 Å². The van der Waals surface area contributed by atoms with E-state index in [2.05, 4.69) is 20.9 Å². The van der Waals surface area contributed by atoms with Gasteiger partial charge in [-0.1, -0.05) is 6.07 Å². The Morgan fingerprint density at radius 2 is 2.43 bits per heavy atom. The van der Waals surface area contributed by atoms with E-state index in [-0.39, 0.29) is 5.78 Å². The molecule has 3 nitrogen and oxygen atoms in total. The van der Waals surface area contributed by atoms with E-state index in [1.54, 1.807) is 13.1 Å². The summed E-state index contributed by atoms with van der Waals surface area (Å²) in [6, 6.07) is 3.86. The van der Waals surface area contributed by atoms with Crippen molar-refractivity contribution in [3.05, 3.63) is 34.8 Å². The Labute approximate surface area is 89.9 Å². The first kappa shape index (κ1) is 9.40. The van der Waals surface area contributed by atoms with Gasteiger partial charge in [0.25, 0.3) is 0 Å². The molecule has 0 bridgehead atoms. The lowest BCUT2D eigenvalue weighted by molar-refractivity contribution is -0.116. The molecule has 0 spiro atoms. The summed E-state index contributed by atoms with van der Waals surface area (Å²) in [6.07, 6.45) is 4.14. The van der Waals surface area contributed by atoms with E-state index in [4.69, 9.17) is 0 Å². The molecule has 2 aromatic rings. The van der Waals surface area contributed by atoms with Gasteiger partial charge in [0, 0.05) is 12.6 Å². The molecule has 0 aliphatic rings. The van der Waals surface area contributed by atoms with Crippen LogP contribution >= 0.6 is 15.9 Å². The molecule has 4 heteroatoms. The minimum Gasteiger partial charge on any atom is -0.300 e. The Morgan fingerprint density at radius 3 is 3.14 bits per heavy atom. The fraction of sp³-hybridized carbons (Fsp3) is 0.200. The normalized spacial score (nSPS) is 10.7. The zero-order valence-electron chi connectivity index (χ0n) is 7.70. The summed E-state index contributed by atoms with van der Waals surface area (Å²) >= 11 is 3.33. The maximum Gasteiger partial charge on any atom is 0.181 e. The second kappa shape index (κ2) is 3.53. The maximum absolute atomic E-state index is 11.0. The number of hydrogen-bond acceptors (Lipinski definition) is 2. The molecule has 2 heterocycles. The highest BCUT2D eigenvalue weighted by Crippen LogP contribution is 2.16. The predicted octanol–water partition coefficient (Wildman–Crippen LogP) is 2.23. The number of pyridine rings is 1. The number of carbonyl (C=O) groups excluding carboxylic acids is 1. The molecule has 0 atom stereocenters. The van der Waals surface area contributed by atoms with Crippen LogP contribution in [0.15, 0.2) is 29.3 Å². The summed E-state index contributed by atoms with van der Waals surface area (Å²) in [6.45, 7) is 1.59. The molecule has 0 N–H and O–H groups in total. The lowest BCUT2D eigenvalue weighted by Gasteiger charge is -2.01. The molecule has 2 aromatic heterocycles. The Balaban J connectivity index is 2.59. The van der Waals surface area contributed by atoms with Crippen molar-refractivity contribution in [3.8, 4) is 0 Å². The molecule has 0 saturated carbocycles. The van der Waals surface area contributed by atoms with Gasteiger partial charge in [0.15, 0.2) is 4.73 Å². The van der Waals surface area contributed by atoms with Crippen LogP contribution in [0, 0.1) is 0 Å². The van der Waals surface area contributed by atoms with Gasteiger partial charge in [-0.3, -0.25) is 9.20 Å². The standard InChI is InChI=1S/C10H9BrN2O/c1-7(14)5-8-3-2-4-13-9(8)6-12-10(13)11/h2-4,6H,5H2,1H3. The smallest absolute Gasteiger partial charge is 0.181 e. The zero-order chi connectivity index (χ0) is 10.1. The van der Waals surface area contributed by atoms with Crippen molar-refractivity contribution >= 4 is 27.2 Å². The van der Waals surface area contributed by atoms with Crippen LogP contribution in [0.1, 0.15) is 12.5 Å². The van der Waals surface area contributed by atoms with Gasteiger partial charge in [0.1, 0.15) is 5.78 Å². The van der Waals surface area contributed by atoms with Crippen LogP contribution in [0.5, 0.6) is 0 Å².